The molecule has 18 heteroatoms. The zero-order valence-corrected chi connectivity index (χ0v) is 35.9. The third-order valence-electron chi connectivity index (χ3n) is 9.76. The van der Waals surface area contributed by atoms with Gasteiger partial charge in [-0.2, -0.15) is 13.2 Å². The lowest BCUT2D eigenvalue weighted by molar-refractivity contribution is -0.304. The number of benzene rings is 4. The number of ether oxygens (including phenoxy) is 12. The number of rotatable bonds is 22. The second kappa shape index (κ2) is 21.8. The Kier molecular flexibility index (Phi) is 16.8. The van der Waals surface area contributed by atoms with Crippen molar-refractivity contribution in [3.05, 3.63) is 95.6 Å². The molecule has 0 radical (unpaired) electrons. The van der Waals surface area contributed by atoms with Gasteiger partial charge in [-0.1, -0.05) is 18.2 Å². The molecule has 1 aliphatic heterocycles. The van der Waals surface area contributed by atoms with E-state index < -0.39 is 56.6 Å². The fraction of sp³-hybridized carbons (Fsp3) is 0.442. The maximum atomic E-state index is 13.5. The third-order valence-corrected chi connectivity index (χ3v) is 11.6. The van der Waals surface area contributed by atoms with Gasteiger partial charge in [-0.15, -0.1) is 0 Å². The summed E-state index contributed by atoms with van der Waals surface area (Å²) in [7, 11) is 5.81. The van der Waals surface area contributed by atoms with Crippen molar-refractivity contribution in [2.45, 2.75) is 63.1 Å². The zero-order valence-electron chi connectivity index (χ0n) is 35.0. The van der Waals surface area contributed by atoms with Gasteiger partial charge in [-0.05, 0) is 83.8 Å². The molecule has 1 aliphatic rings. The van der Waals surface area contributed by atoms with Crippen LogP contribution in [0.5, 0.6) is 46.0 Å². The molecule has 61 heavy (non-hydrogen) atoms. The normalized spacial score (nSPS) is 20.0. The highest BCUT2D eigenvalue weighted by atomic mass is 31.2. The highest BCUT2D eigenvalue weighted by Gasteiger charge is 2.50. The summed E-state index contributed by atoms with van der Waals surface area (Å²) >= 11 is 0. The molecule has 4 aromatic carbocycles. The summed E-state index contributed by atoms with van der Waals surface area (Å²) in [6, 6.07) is 22.3. The van der Waals surface area contributed by atoms with Crippen LogP contribution in [0.25, 0.3) is 0 Å². The molecule has 4 aromatic rings. The van der Waals surface area contributed by atoms with Crippen molar-refractivity contribution in [1.82, 2.24) is 0 Å². The van der Waals surface area contributed by atoms with Gasteiger partial charge in [-0.25, -0.2) is 0 Å². The fourth-order valence-electron chi connectivity index (χ4n) is 6.74. The second-order valence-electron chi connectivity index (χ2n) is 13.9. The fourth-order valence-corrected chi connectivity index (χ4v) is 8.11. The van der Waals surface area contributed by atoms with Gasteiger partial charge >= 0.3 is 6.18 Å². The minimum Gasteiger partial charge on any atom is -0.497 e. The van der Waals surface area contributed by atoms with Gasteiger partial charge in [0, 0.05) is 6.16 Å². The Morgan fingerprint density at radius 1 is 0.557 bits per heavy atom. The van der Waals surface area contributed by atoms with Crippen molar-refractivity contribution in [3.8, 4) is 46.0 Å². The van der Waals surface area contributed by atoms with Gasteiger partial charge in [0.25, 0.3) is 0 Å². The topological polar surface area (TPSA) is 148 Å². The van der Waals surface area contributed by atoms with E-state index in [1.807, 2.05) is 0 Å². The van der Waals surface area contributed by atoms with Gasteiger partial charge in [0.05, 0.1) is 75.7 Å². The van der Waals surface area contributed by atoms with Gasteiger partial charge in [-0.3, -0.25) is 4.57 Å². The van der Waals surface area contributed by atoms with E-state index in [0.717, 1.165) is 0 Å². The molecular formula is C43H52F3O14P. The lowest BCUT2D eigenvalue weighted by Crippen LogP contribution is -2.61. The summed E-state index contributed by atoms with van der Waals surface area (Å²) in [6.45, 7) is -0.156. The quantitative estimate of drug-likeness (QED) is 0.0765. The standard InChI is InChI=1S/C43H52F3O14P/c1-49-30-11-13-31(14-12-30)59-42-41(58-25-29-10-17-34(52-4)38(22-29)55-7)40(57-24-28-9-16-33(51-3)37(21-28)54-6)39(35(60-42)18-19-61(47,48)26-43(44,45)46)56-23-27-8-15-32(50-2)36(20-27)53-5/h8-17,20-22,35,39-42H,18-19,23-26H2,1-7H3,(H,47,48)/t35-,39-,40+,41+,42?/m1/s1. The first-order valence-electron chi connectivity index (χ1n) is 19.0. The van der Waals surface area contributed by atoms with Crippen LogP contribution in [0.2, 0.25) is 0 Å². The molecular weight excluding hydrogens is 828 g/mol. The third kappa shape index (κ3) is 13.1. The van der Waals surface area contributed by atoms with Crippen LogP contribution in [0, 0.1) is 0 Å². The predicted molar refractivity (Wildman–Crippen MR) is 217 cm³/mol. The lowest BCUT2D eigenvalue weighted by Gasteiger charge is -2.46. The number of methoxy groups -OCH3 is 7. The highest BCUT2D eigenvalue weighted by molar-refractivity contribution is 7.58. The molecule has 0 aliphatic carbocycles. The molecule has 0 spiro atoms. The first-order valence-corrected chi connectivity index (χ1v) is 21.1. The van der Waals surface area contributed by atoms with E-state index in [0.29, 0.717) is 62.7 Å². The van der Waals surface area contributed by atoms with Crippen molar-refractivity contribution in [2.24, 2.45) is 0 Å². The second-order valence-corrected chi connectivity index (χ2v) is 16.3. The van der Waals surface area contributed by atoms with E-state index in [9.17, 15) is 22.6 Å². The number of halogens is 3. The van der Waals surface area contributed by atoms with Gasteiger partial charge in [0.1, 0.15) is 36.0 Å². The van der Waals surface area contributed by atoms with Gasteiger partial charge < -0.3 is 61.7 Å². The van der Waals surface area contributed by atoms with E-state index in [4.69, 9.17) is 56.8 Å². The Balaban J connectivity index is 1.59. The summed E-state index contributed by atoms with van der Waals surface area (Å²) in [5.74, 6) is 3.69. The lowest BCUT2D eigenvalue weighted by atomic mass is 9.96. The van der Waals surface area contributed by atoms with Crippen molar-refractivity contribution < 1.29 is 79.5 Å². The molecule has 334 valence electrons. The Hall–Kier alpha value is -4.90. The van der Waals surface area contributed by atoms with Crippen molar-refractivity contribution in [2.75, 3.05) is 62.1 Å². The Bertz CT molecular complexity index is 2050. The molecule has 5 rings (SSSR count). The minimum absolute atomic E-state index is 0.0302. The van der Waals surface area contributed by atoms with Crippen molar-refractivity contribution in [3.63, 3.8) is 0 Å². The molecule has 14 nitrogen and oxygen atoms in total. The molecule has 1 N–H and O–H groups in total. The number of alkyl halides is 3. The zero-order chi connectivity index (χ0) is 44.2. The molecule has 1 fully saturated rings. The Labute approximate surface area is 353 Å². The van der Waals surface area contributed by atoms with E-state index >= 15 is 0 Å². The molecule has 0 saturated carbocycles. The van der Waals surface area contributed by atoms with Gasteiger partial charge in [0.15, 0.2) is 34.5 Å². The predicted octanol–water partition coefficient (Wildman–Crippen LogP) is 7.83. The molecule has 1 heterocycles. The van der Waals surface area contributed by atoms with E-state index in [-0.39, 0.29) is 26.2 Å². The van der Waals surface area contributed by atoms with Crippen molar-refractivity contribution >= 4 is 7.37 Å². The smallest absolute Gasteiger partial charge is 0.397 e. The maximum absolute atomic E-state index is 13.5. The summed E-state index contributed by atoms with van der Waals surface area (Å²) in [6.07, 6.45) is -13.6. The number of hydrogen-bond donors (Lipinski definition) is 1. The first kappa shape index (κ1) is 47.2. The summed E-state index contributed by atoms with van der Waals surface area (Å²) in [5, 5.41) is 0. The van der Waals surface area contributed by atoms with Crippen LogP contribution in [0.15, 0.2) is 78.9 Å². The van der Waals surface area contributed by atoms with Crippen LogP contribution in [-0.4, -0.2) is 104 Å². The molecule has 1 saturated heterocycles. The molecule has 0 aromatic heterocycles. The summed E-state index contributed by atoms with van der Waals surface area (Å²) in [4.78, 5) is 10.6. The Morgan fingerprint density at radius 3 is 1.38 bits per heavy atom. The van der Waals surface area contributed by atoms with Crippen LogP contribution >= 0.6 is 7.37 Å². The van der Waals surface area contributed by atoms with E-state index in [2.05, 4.69) is 0 Å². The average Bonchev–Trinajstić information content (AvgIpc) is 3.25. The van der Waals surface area contributed by atoms with E-state index in [1.54, 1.807) is 78.9 Å². The average molecular weight is 881 g/mol. The maximum Gasteiger partial charge on any atom is 0.397 e. The van der Waals surface area contributed by atoms with Crippen LogP contribution in [0.1, 0.15) is 23.1 Å². The monoisotopic (exact) mass is 880 g/mol. The minimum atomic E-state index is -4.88. The largest absolute Gasteiger partial charge is 0.497 e. The van der Waals surface area contributed by atoms with Crippen LogP contribution in [-0.2, 0) is 43.3 Å². The van der Waals surface area contributed by atoms with Crippen molar-refractivity contribution in [1.29, 1.82) is 0 Å². The highest BCUT2D eigenvalue weighted by Crippen LogP contribution is 2.47. The molecule has 0 bridgehead atoms. The van der Waals surface area contributed by atoms with Crippen LogP contribution in [0.3, 0.4) is 0 Å². The van der Waals surface area contributed by atoms with Gasteiger partial charge in [0.2, 0.25) is 13.7 Å². The molecule has 6 atom stereocenters. The summed E-state index contributed by atoms with van der Waals surface area (Å²) < 4.78 is 124. The van der Waals surface area contributed by atoms with Crippen LogP contribution < -0.4 is 37.9 Å². The SMILES string of the molecule is COc1ccc(OC2O[C@H](CCP(=O)(O)CC(F)(F)F)[C@@H](OCc3ccc(OC)c(OC)c3)[C@H](OCc3ccc(OC)c(OC)c3)[C@@H]2OCc2ccc(OC)c(OC)c2)cc1. The Morgan fingerprint density at radius 2 is 0.967 bits per heavy atom. The summed E-state index contributed by atoms with van der Waals surface area (Å²) in [5.41, 5.74) is 1.98. The van der Waals surface area contributed by atoms with E-state index in [1.165, 1.54) is 49.8 Å². The van der Waals surface area contributed by atoms with Crippen LogP contribution in [0.4, 0.5) is 13.2 Å². The molecule has 2 unspecified atom stereocenters. The first-order chi connectivity index (χ1) is 29.2. The number of hydrogen-bond acceptors (Lipinski definition) is 13. The molecule has 0 amide bonds.